The van der Waals surface area contributed by atoms with Gasteiger partial charge >= 0.3 is 0 Å². The number of Topliss-reactive ketones (excluding diaryl/α,β-unsaturated/α-hetero) is 1. The molecule has 4 aliphatic rings. The van der Waals surface area contributed by atoms with Gasteiger partial charge in [0.25, 0.3) is 0 Å². The lowest BCUT2D eigenvalue weighted by atomic mass is 9.50. The van der Waals surface area contributed by atoms with Crippen LogP contribution in [-0.2, 0) is 4.79 Å². The molecule has 4 fully saturated rings. The van der Waals surface area contributed by atoms with Gasteiger partial charge in [0.05, 0.1) is 0 Å². The molecule has 4 saturated carbocycles. The van der Waals surface area contributed by atoms with E-state index in [1.54, 1.807) is 0 Å². The largest absolute Gasteiger partial charge is 0.294 e. The molecule has 0 N–H and O–H groups in total. The molecule has 5 unspecified atom stereocenters. The number of ketones is 1. The Morgan fingerprint density at radius 2 is 1.52 bits per heavy atom. The predicted molar refractivity (Wildman–Crippen MR) is 111 cm³/mol. The Hall–Kier alpha value is -0.590. The van der Waals surface area contributed by atoms with Crippen LogP contribution in [0.4, 0.5) is 0 Å². The Labute approximate surface area is 158 Å². The van der Waals surface area contributed by atoms with E-state index in [4.69, 9.17) is 0 Å². The van der Waals surface area contributed by atoms with Crippen LogP contribution >= 0.6 is 0 Å². The summed E-state index contributed by atoms with van der Waals surface area (Å²) in [6.07, 6.45) is 10.4. The Balaban J connectivity index is 0.000000475. The van der Waals surface area contributed by atoms with E-state index in [2.05, 4.69) is 13.5 Å². The van der Waals surface area contributed by atoms with Gasteiger partial charge in [-0.25, -0.2) is 0 Å². The molecule has 4 rings (SSSR count). The molecule has 0 aromatic heterocycles. The fourth-order valence-electron chi connectivity index (χ4n) is 6.39. The van der Waals surface area contributed by atoms with E-state index in [9.17, 15) is 4.79 Å². The summed E-state index contributed by atoms with van der Waals surface area (Å²) in [7, 11) is 0. The molecule has 25 heavy (non-hydrogen) atoms. The second kappa shape index (κ2) is 9.93. The zero-order valence-corrected chi connectivity index (χ0v) is 18.2. The number of carbonyl (C=O) groups excluding carboxylic acids is 1. The van der Waals surface area contributed by atoms with E-state index in [1.807, 2.05) is 41.5 Å². The first-order valence-corrected chi connectivity index (χ1v) is 11.4. The highest BCUT2D eigenvalue weighted by molar-refractivity contribution is 6.03. The van der Waals surface area contributed by atoms with E-state index in [-0.39, 0.29) is 5.41 Å². The monoisotopic (exact) mass is 348 g/mol. The lowest BCUT2D eigenvalue weighted by Crippen LogP contribution is -2.49. The zero-order chi connectivity index (χ0) is 19.2. The maximum atomic E-state index is 12.8. The standard InChI is InChI=1S/C18H26O.3C2H6/c1-11-4-3-5-15-14(11)8-9-18-10-13(6-7-16(15)18)12(2)17(18)19;3*1-2/h11,13-16H,2-10H2,1H3;3*1-2H3/t11-,13?,14?,15?,16?,18?;;;/m0.../s1. The molecular formula is C24H44O. The van der Waals surface area contributed by atoms with Gasteiger partial charge in [-0.15, -0.1) is 0 Å². The van der Waals surface area contributed by atoms with Crippen molar-refractivity contribution >= 4 is 5.78 Å². The average Bonchev–Trinajstić information content (AvgIpc) is 2.87. The lowest BCUT2D eigenvalue weighted by molar-refractivity contribution is -0.136. The molecule has 6 atom stereocenters. The summed E-state index contributed by atoms with van der Waals surface area (Å²) in [6.45, 7) is 18.6. The molecule has 0 saturated heterocycles. The Morgan fingerprint density at radius 1 is 0.880 bits per heavy atom. The molecule has 0 amide bonds. The predicted octanol–water partition coefficient (Wildman–Crippen LogP) is 7.45. The zero-order valence-electron chi connectivity index (χ0n) is 18.2. The summed E-state index contributed by atoms with van der Waals surface area (Å²) in [6, 6.07) is 0. The van der Waals surface area contributed by atoms with Gasteiger partial charge < -0.3 is 0 Å². The van der Waals surface area contributed by atoms with E-state index in [1.165, 1.54) is 44.9 Å². The van der Waals surface area contributed by atoms with Crippen LogP contribution < -0.4 is 0 Å². The van der Waals surface area contributed by atoms with Crippen LogP contribution in [0, 0.1) is 35.0 Å². The number of hydrogen-bond acceptors (Lipinski definition) is 1. The van der Waals surface area contributed by atoms with Gasteiger partial charge in [-0.1, -0.05) is 67.9 Å². The Kier molecular flexibility index (Phi) is 8.92. The van der Waals surface area contributed by atoms with Crippen molar-refractivity contribution in [3.05, 3.63) is 12.2 Å². The third kappa shape index (κ3) is 3.76. The molecule has 146 valence electrons. The van der Waals surface area contributed by atoms with Crippen LogP contribution in [0.2, 0.25) is 0 Å². The van der Waals surface area contributed by atoms with Gasteiger partial charge in [0, 0.05) is 5.41 Å². The molecule has 0 heterocycles. The number of hydrogen-bond donors (Lipinski definition) is 0. The highest BCUT2D eigenvalue weighted by Crippen LogP contribution is 2.64. The second-order valence-corrected chi connectivity index (χ2v) is 7.87. The first-order valence-electron chi connectivity index (χ1n) is 11.4. The van der Waals surface area contributed by atoms with Crippen molar-refractivity contribution in [3.63, 3.8) is 0 Å². The highest BCUT2D eigenvalue weighted by Gasteiger charge is 2.61. The summed E-state index contributed by atoms with van der Waals surface area (Å²) in [5.41, 5.74) is 1.04. The fraction of sp³-hybridized carbons (Fsp3) is 0.875. The van der Waals surface area contributed by atoms with E-state index >= 15 is 0 Å². The highest BCUT2D eigenvalue weighted by atomic mass is 16.1. The van der Waals surface area contributed by atoms with Crippen LogP contribution in [0.15, 0.2) is 12.2 Å². The summed E-state index contributed by atoms with van der Waals surface area (Å²) >= 11 is 0. The van der Waals surface area contributed by atoms with Crippen molar-refractivity contribution in [1.29, 1.82) is 0 Å². The second-order valence-electron chi connectivity index (χ2n) is 7.87. The molecule has 0 aromatic carbocycles. The minimum atomic E-state index is 0.0538. The number of allylic oxidation sites excluding steroid dienone is 1. The van der Waals surface area contributed by atoms with Crippen molar-refractivity contribution in [2.75, 3.05) is 0 Å². The SMILES string of the molecule is C=C1C(=O)C23CCC4C(CCC[C@@H]4C)C2CCC1C3.CC.CC.CC. The number of fused-ring (bicyclic) bond motifs is 3. The molecule has 2 bridgehead atoms. The number of carbonyl (C=O) groups is 1. The van der Waals surface area contributed by atoms with Gasteiger partial charge in [0.15, 0.2) is 5.78 Å². The van der Waals surface area contributed by atoms with Crippen LogP contribution in [0.5, 0.6) is 0 Å². The molecule has 0 aromatic rings. The van der Waals surface area contributed by atoms with Crippen LogP contribution in [0.1, 0.15) is 99.8 Å². The minimum absolute atomic E-state index is 0.0538. The Bertz CT molecular complexity index is 437. The van der Waals surface area contributed by atoms with Gasteiger partial charge in [0.1, 0.15) is 0 Å². The summed E-state index contributed by atoms with van der Waals surface area (Å²) in [4.78, 5) is 12.8. The van der Waals surface area contributed by atoms with Crippen LogP contribution in [0.3, 0.4) is 0 Å². The van der Waals surface area contributed by atoms with Crippen molar-refractivity contribution in [1.82, 2.24) is 0 Å². The third-order valence-corrected chi connectivity index (χ3v) is 7.30. The quantitative estimate of drug-likeness (QED) is 0.415. The maximum Gasteiger partial charge on any atom is 0.164 e. The van der Waals surface area contributed by atoms with Gasteiger partial charge in [-0.05, 0) is 73.7 Å². The Morgan fingerprint density at radius 3 is 2.16 bits per heavy atom. The first-order chi connectivity index (χ1) is 12.1. The van der Waals surface area contributed by atoms with Crippen LogP contribution in [-0.4, -0.2) is 5.78 Å². The molecule has 4 aliphatic carbocycles. The molecule has 0 aliphatic heterocycles. The van der Waals surface area contributed by atoms with Crippen molar-refractivity contribution in [2.45, 2.75) is 99.8 Å². The normalized spacial score (nSPS) is 40.8. The summed E-state index contributed by atoms with van der Waals surface area (Å²) < 4.78 is 0. The smallest absolute Gasteiger partial charge is 0.164 e. The molecule has 1 spiro atoms. The van der Waals surface area contributed by atoms with E-state index < -0.39 is 0 Å². The van der Waals surface area contributed by atoms with Crippen molar-refractivity contribution < 1.29 is 4.79 Å². The summed E-state index contributed by atoms with van der Waals surface area (Å²) in [5, 5.41) is 0. The molecule has 0 radical (unpaired) electrons. The van der Waals surface area contributed by atoms with Gasteiger partial charge in [0.2, 0.25) is 0 Å². The summed E-state index contributed by atoms with van der Waals surface area (Å²) in [5.74, 6) is 4.40. The van der Waals surface area contributed by atoms with Crippen molar-refractivity contribution in [2.24, 2.45) is 35.0 Å². The minimum Gasteiger partial charge on any atom is -0.294 e. The molecule has 1 heteroatoms. The van der Waals surface area contributed by atoms with Crippen molar-refractivity contribution in [3.8, 4) is 0 Å². The average molecular weight is 349 g/mol. The van der Waals surface area contributed by atoms with Crippen LogP contribution in [0.25, 0.3) is 0 Å². The number of rotatable bonds is 0. The lowest BCUT2D eigenvalue weighted by Gasteiger charge is -2.54. The van der Waals surface area contributed by atoms with Gasteiger partial charge in [-0.2, -0.15) is 0 Å². The third-order valence-electron chi connectivity index (χ3n) is 7.30. The fourth-order valence-corrected chi connectivity index (χ4v) is 6.39. The topological polar surface area (TPSA) is 17.1 Å². The maximum absolute atomic E-state index is 12.8. The molecule has 1 nitrogen and oxygen atoms in total. The molecular weight excluding hydrogens is 304 g/mol. The van der Waals surface area contributed by atoms with E-state index in [0.717, 1.165) is 29.7 Å². The van der Waals surface area contributed by atoms with Gasteiger partial charge in [-0.3, -0.25) is 4.79 Å². The first kappa shape index (κ1) is 22.5. The van der Waals surface area contributed by atoms with E-state index in [0.29, 0.717) is 17.6 Å².